The molecule has 15 heavy (non-hydrogen) atoms. The molecule has 0 rings (SSSR count). The van der Waals surface area contributed by atoms with Crippen LogP contribution in [0.4, 0.5) is 0 Å². The highest BCUT2D eigenvalue weighted by atomic mass is 16.5. The fraction of sp³-hybridized carbons (Fsp3) is 0.500. The molecule has 0 aromatic carbocycles. The zero-order valence-electron chi connectivity index (χ0n) is 9.41. The lowest BCUT2D eigenvalue weighted by atomic mass is 10.3. The van der Waals surface area contributed by atoms with Crippen molar-refractivity contribution in [3.05, 3.63) is 24.1 Å². The molecule has 0 aromatic rings. The number of nitrogens with one attached hydrogen (secondary N) is 1. The number of aliphatic hydroxyl groups excluding tert-OH is 1. The van der Waals surface area contributed by atoms with Crippen LogP contribution in [0.3, 0.4) is 0 Å². The van der Waals surface area contributed by atoms with E-state index in [9.17, 15) is 9.90 Å². The fourth-order valence-corrected chi connectivity index (χ4v) is 0.764. The van der Waals surface area contributed by atoms with Gasteiger partial charge in [-0.15, -0.1) is 0 Å². The average molecular weight is 214 g/mol. The first-order valence-corrected chi connectivity index (χ1v) is 4.53. The van der Waals surface area contributed by atoms with Crippen molar-refractivity contribution in [2.24, 2.45) is 0 Å². The van der Waals surface area contributed by atoms with Crippen molar-refractivity contribution >= 4 is 5.91 Å². The van der Waals surface area contributed by atoms with E-state index in [2.05, 4.69) is 11.9 Å². The molecule has 0 unspecified atom stereocenters. The fourth-order valence-electron chi connectivity index (χ4n) is 0.764. The Kier molecular flexibility index (Phi) is 6.21. The maximum Gasteiger partial charge on any atom is 0.247 e. The van der Waals surface area contributed by atoms with Crippen molar-refractivity contribution in [1.29, 1.82) is 0 Å². The third kappa shape index (κ3) is 5.74. The molecule has 0 aliphatic heterocycles. The second-order valence-electron chi connectivity index (χ2n) is 3.15. The summed E-state index contributed by atoms with van der Waals surface area (Å²) in [5.74, 6) is -0.512. The van der Waals surface area contributed by atoms with Crippen LogP contribution in [0.25, 0.3) is 0 Å². The maximum atomic E-state index is 11.2. The van der Waals surface area contributed by atoms with Gasteiger partial charge in [0.25, 0.3) is 0 Å². The van der Waals surface area contributed by atoms with E-state index < -0.39 is 0 Å². The van der Waals surface area contributed by atoms with Crippen molar-refractivity contribution < 1.29 is 14.6 Å². The van der Waals surface area contributed by atoms with Crippen molar-refractivity contribution in [1.82, 2.24) is 10.2 Å². The number of likely N-dealkylation sites (N-methyl/N-ethyl adjacent to an activating group) is 1. The molecule has 0 spiro atoms. The summed E-state index contributed by atoms with van der Waals surface area (Å²) in [5.41, 5.74) is 0.386. The first-order valence-electron chi connectivity index (χ1n) is 4.53. The van der Waals surface area contributed by atoms with Crippen molar-refractivity contribution in [2.45, 2.75) is 0 Å². The Morgan fingerprint density at radius 1 is 1.60 bits per heavy atom. The van der Waals surface area contributed by atoms with E-state index in [1.807, 2.05) is 0 Å². The van der Waals surface area contributed by atoms with Gasteiger partial charge in [-0.25, -0.2) is 0 Å². The SMILES string of the molecule is C=C(/C(O)=C/C(=O)NCCOC)N(C)C. The number of carbonyl (C=O) groups is 1. The minimum Gasteiger partial charge on any atom is -0.506 e. The summed E-state index contributed by atoms with van der Waals surface area (Å²) >= 11 is 0. The van der Waals surface area contributed by atoms with Gasteiger partial charge in [-0.05, 0) is 0 Å². The van der Waals surface area contributed by atoms with Gasteiger partial charge >= 0.3 is 0 Å². The Bertz CT molecular complexity index is 259. The smallest absolute Gasteiger partial charge is 0.247 e. The van der Waals surface area contributed by atoms with Gasteiger partial charge in [0.05, 0.1) is 12.3 Å². The number of aliphatic hydroxyl groups is 1. The first kappa shape index (κ1) is 13.5. The third-order valence-electron chi connectivity index (χ3n) is 1.71. The molecule has 5 heteroatoms. The van der Waals surface area contributed by atoms with E-state index >= 15 is 0 Å². The summed E-state index contributed by atoms with van der Waals surface area (Å²) in [7, 11) is 5.01. The number of amides is 1. The van der Waals surface area contributed by atoms with Crippen LogP contribution in [0.5, 0.6) is 0 Å². The Labute approximate surface area is 90.0 Å². The molecule has 0 aliphatic rings. The average Bonchev–Trinajstić information content (AvgIpc) is 2.16. The molecule has 0 radical (unpaired) electrons. The molecule has 0 atom stereocenters. The zero-order chi connectivity index (χ0) is 11.8. The highest BCUT2D eigenvalue weighted by Crippen LogP contribution is 2.05. The lowest BCUT2D eigenvalue weighted by Gasteiger charge is -2.14. The highest BCUT2D eigenvalue weighted by molar-refractivity contribution is 5.88. The highest BCUT2D eigenvalue weighted by Gasteiger charge is 2.05. The Morgan fingerprint density at radius 3 is 2.67 bits per heavy atom. The predicted octanol–water partition coefficient (Wildman–Crippen LogP) is 0.266. The molecule has 5 nitrogen and oxygen atoms in total. The quantitative estimate of drug-likeness (QED) is 0.288. The van der Waals surface area contributed by atoms with E-state index in [0.717, 1.165) is 6.08 Å². The molecular formula is C10H18N2O3. The van der Waals surface area contributed by atoms with Crippen LogP contribution < -0.4 is 5.32 Å². The van der Waals surface area contributed by atoms with E-state index in [0.29, 0.717) is 18.8 Å². The largest absolute Gasteiger partial charge is 0.506 e. The predicted molar refractivity (Wildman–Crippen MR) is 58.4 cm³/mol. The normalized spacial score (nSPS) is 11.0. The van der Waals surface area contributed by atoms with Crippen LogP contribution in [0.2, 0.25) is 0 Å². The van der Waals surface area contributed by atoms with Gasteiger partial charge in [0.2, 0.25) is 5.91 Å². The van der Waals surface area contributed by atoms with Crippen LogP contribution in [-0.2, 0) is 9.53 Å². The van der Waals surface area contributed by atoms with Gasteiger partial charge in [-0.3, -0.25) is 4.79 Å². The number of methoxy groups -OCH3 is 1. The zero-order valence-corrected chi connectivity index (χ0v) is 9.41. The van der Waals surface area contributed by atoms with Crippen LogP contribution in [0, 0.1) is 0 Å². The molecule has 0 bridgehead atoms. The molecule has 2 N–H and O–H groups in total. The number of rotatable bonds is 6. The van der Waals surface area contributed by atoms with Crippen LogP contribution >= 0.6 is 0 Å². The van der Waals surface area contributed by atoms with Gasteiger partial charge < -0.3 is 20.1 Å². The Balaban J connectivity index is 4.12. The molecular weight excluding hydrogens is 196 g/mol. The summed E-state index contributed by atoms with van der Waals surface area (Å²) in [6.07, 6.45) is 1.10. The summed E-state index contributed by atoms with van der Waals surface area (Å²) in [6, 6.07) is 0. The second-order valence-corrected chi connectivity index (χ2v) is 3.15. The molecule has 86 valence electrons. The number of carbonyl (C=O) groups excluding carboxylic acids is 1. The van der Waals surface area contributed by atoms with Gasteiger partial charge in [0.15, 0.2) is 0 Å². The van der Waals surface area contributed by atoms with Crippen molar-refractivity contribution in [3.63, 3.8) is 0 Å². The molecule has 0 saturated heterocycles. The van der Waals surface area contributed by atoms with Crippen LogP contribution in [0.1, 0.15) is 0 Å². The summed E-state index contributed by atoms with van der Waals surface area (Å²) in [6.45, 7) is 4.46. The standard InChI is InChI=1S/C10H18N2O3/c1-8(12(2)3)9(13)7-10(14)11-5-6-15-4/h7,13H,1,5-6H2,2-4H3,(H,11,14)/b9-7-. The van der Waals surface area contributed by atoms with Crippen LogP contribution in [0.15, 0.2) is 24.1 Å². The number of ether oxygens (including phenoxy) is 1. The summed E-state index contributed by atoms with van der Waals surface area (Å²) in [5, 5.41) is 12.0. The van der Waals surface area contributed by atoms with Crippen molar-refractivity contribution in [2.75, 3.05) is 34.4 Å². The van der Waals surface area contributed by atoms with Gasteiger partial charge in [0, 0.05) is 33.8 Å². The molecule has 0 aliphatic carbocycles. The Morgan fingerprint density at radius 2 is 2.20 bits per heavy atom. The van der Waals surface area contributed by atoms with E-state index in [1.54, 1.807) is 26.1 Å². The number of nitrogens with zero attached hydrogens (tertiary/aromatic N) is 1. The monoisotopic (exact) mass is 214 g/mol. The molecule has 0 heterocycles. The van der Waals surface area contributed by atoms with Crippen molar-refractivity contribution in [3.8, 4) is 0 Å². The number of hydrogen-bond donors (Lipinski definition) is 2. The van der Waals surface area contributed by atoms with Gasteiger partial charge in [-0.1, -0.05) is 6.58 Å². The third-order valence-corrected chi connectivity index (χ3v) is 1.71. The molecule has 1 amide bonds. The second kappa shape index (κ2) is 6.89. The van der Waals surface area contributed by atoms with E-state index in [1.165, 1.54) is 0 Å². The van der Waals surface area contributed by atoms with Gasteiger partial charge in [0.1, 0.15) is 5.76 Å². The minimum atomic E-state index is -0.368. The Hall–Kier alpha value is -1.49. The van der Waals surface area contributed by atoms with Gasteiger partial charge in [-0.2, -0.15) is 0 Å². The number of hydrogen-bond acceptors (Lipinski definition) is 4. The van der Waals surface area contributed by atoms with Crippen LogP contribution in [-0.4, -0.2) is 50.3 Å². The van der Waals surface area contributed by atoms with E-state index in [4.69, 9.17) is 4.74 Å². The summed E-state index contributed by atoms with van der Waals surface area (Å²) in [4.78, 5) is 12.8. The maximum absolute atomic E-state index is 11.2. The minimum absolute atomic E-state index is 0.144. The van der Waals surface area contributed by atoms with E-state index in [-0.39, 0.29) is 11.7 Å². The lowest BCUT2D eigenvalue weighted by Crippen LogP contribution is -2.26. The molecule has 0 aromatic heterocycles. The summed E-state index contributed by atoms with van der Waals surface area (Å²) < 4.78 is 4.76. The lowest BCUT2D eigenvalue weighted by molar-refractivity contribution is -0.116. The topological polar surface area (TPSA) is 61.8 Å². The molecule has 0 fully saturated rings. The first-order chi connectivity index (χ1) is 6.99. The molecule has 0 saturated carbocycles.